The Kier molecular flexibility index (Phi) is 14.4. The van der Waals surface area contributed by atoms with Gasteiger partial charge in [-0.1, -0.05) is 45.0 Å². The number of carbonyl (C=O) groups excluding carboxylic acids is 1. The summed E-state index contributed by atoms with van der Waals surface area (Å²) >= 11 is 0. The van der Waals surface area contributed by atoms with E-state index in [2.05, 4.69) is 31.4 Å². The minimum Gasteiger partial charge on any atom is -0.482 e. The van der Waals surface area contributed by atoms with Crippen LogP contribution in [0.3, 0.4) is 0 Å². The lowest BCUT2D eigenvalue weighted by Gasteiger charge is -2.35. The largest absolute Gasteiger partial charge is 0.482 e. The SMILES string of the molecule is CN(C)CC(=O)Nc1c(F)cc(C[C@@H]2CS(=O)(=O)C[C@H](NCc3cccc(C(C)(C)C)c3)[C@H]2O)cc1OCC(F)(F)F.Cl.Cl. The number of sulfone groups is 1. The number of hydrogen-bond donors (Lipinski definition) is 3. The number of aliphatic hydroxyl groups is 1. The van der Waals surface area contributed by atoms with E-state index < -0.39 is 63.8 Å². The number of nitrogens with one attached hydrogen (secondary N) is 2. The zero-order valence-corrected chi connectivity index (χ0v) is 27.7. The Morgan fingerprint density at radius 2 is 1.73 bits per heavy atom. The first-order chi connectivity index (χ1) is 19.3. The van der Waals surface area contributed by atoms with E-state index >= 15 is 4.39 Å². The molecule has 3 rings (SSSR count). The number of carbonyl (C=O) groups is 1. The van der Waals surface area contributed by atoms with Gasteiger partial charge in [0.05, 0.1) is 24.2 Å². The van der Waals surface area contributed by atoms with Crippen molar-refractivity contribution in [1.29, 1.82) is 0 Å². The summed E-state index contributed by atoms with van der Waals surface area (Å²) < 4.78 is 84.3. The number of rotatable bonds is 10. The second-order valence-corrected chi connectivity index (χ2v) is 14.3. The monoisotopic (exact) mass is 689 g/mol. The van der Waals surface area contributed by atoms with E-state index in [-0.39, 0.29) is 60.3 Å². The van der Waals surface area contributed by atoms with Gasteiger partial charge in [0.1, 0.15) is 11.4 Å². The van der Waals surface area contributed by atoms with Crippen LogP contribution in [0.4, 0.5) is 23.2 Å². The van der Waals surface area contributed by atoms with Crippen molar-refractivity contribution < 1.29 is 40.6 Å². The molecule has 0 saturated carbocycles. The summed E-state index contributed by atoms with van der Waals surface area (Å²) in [6.45, 7) is 4.66. The number of anilines is 1. The van der Waals surface area contributed by atoms with E-state index in [1.165, 1.54) is 4.90 Å². The Morgan fingerprint density at radius 3 is 2.32 bits per heavy atom. The maximum Gasteiger partial charge on any atom is 0.422 e. The van der Waals surface area contributed by atoms with Crippen LogP contribution in [0.2, 0.25) is 0 Å². The van der Waals surface area contributed by atoms with Gasteiger partial charge in [0.25, 0.3) is 0 Å². The Labute approximate surface area is 268 Å². The molecule has 0 bridgehead atoms. The van der Waals surface area contributed by atoms with E-state index in [0.29, 0.717) is 6.54 Å². The average molecular weight is 691 g/mol. The molecule has 0 unspecified atom stereocenters. The van der Waals surface area contributed by atoms with Crippen molar-refractivity contribution in [1.82, 2.24) is 10.2 Å². The van der Waals surface area contributed by atoms with Crippen molar-refractivity contribution in [3.8, 4) is 5.75 Å². The van der Waals surface area contributed by atoms with Crippen LogP contribution < -0.4 is 15.4 Å². The molecule has 1 fully saturated rings. The first kappa shape index (κ1) is 39.9. The molecule has 44 heavy (non-hydrogen) atoms. The average Bonchev–Trinajstić information content (AvgIpc) is 2.84. The third-order valence-corrected chi connectivity index (χ3v) is 8.69. The summed E-state index contributed by atoms with van der Waals surface area (Å²) in [5, 5.41) is 16.5. The fraction of sp³-hybridized carbons (Fsp3) is 0.552. The van der Waals surface area contributed by atoms with Crippen LogP contribution in [0.15, 0.2) is 36.4 Å². The fourth-order valence-corrected chi connectivity index (χ4v) is 6.83. The molecule has 1 aliphatic rings. The maximum absolute atomic E-state index is 15.2. The lowest BCUT2D eigenvalue weighted by molar-refractivity contribution is -0.153. The van der Waals surface area contributed by atoms with Crippen LogP contribution >= 0.6 is 24.8 Å². The third kappa shape index (κ3) is 12.0. The maximum atomic E-state index is 15.2. The van der Waals surface area contributed by atoms with Crippen molar-refractivity contribution in [3.05, 3.63) is 58.9 Å². The number of ether oxygens (including phenoxy) is 1. The number of amides is 1. The number of benzene rings is 2. The highest BCUT2D eigenvalue weighted by Crippen LogP contribution is 2.33. The number of nitrogens with zero attached hydrogens (tertiary/aromatic N) is 1. The number of halogens is 6. The summed E-state index contributed by atoms with van der Waals surface area (Å²) in [5.74, 6) is -3.80. The molecule has 250 valence electrons. The van der Waals surface area contributed by atoms with Gasteiger partial charge in [0.2, 0.25) is 5.91 Å². The van der Waals surface area contributed by atoms with Gasteiger partial charge in [-0.25, -0.2) is 12.8 Å². The summed E-state index contributed by atoms with van der Waals surface area (Å²) in [5.41, 5.74) is 1.49. The molecule has 0 aliphatic carbocycles. The van der Waals surface area contributed by atoms with Gasteiger partial charge in [-0.05, 0) is 54.8 Å². The molecule has 2 aromatic carbocycles. The van der Waals surface area contributed by atoms with Crippen LogP contribution in [0.25, 0.3) is 0 Å². The lowest BCUT2D eigenvalue weighted by Crippen LogP contribution is -2.54. The molecular weight excluding hydrogens is 649 g/mol. The first-order valence-corrected chi connectivity index (χ1v) is 15.3. The Hall–Kier alpha value is -2.16. The topological polar surface area (TPSA) is 108 Å². The van der Waals surface area contributed by atoms with E-state index in [1.54, 1.807) is 14.1 Å². The molecule has 15 heteroatoms. The summed E-state index contributed by atoms with van der Waals surface area (Å²) in [7, 11) is -0.429. The van der Waals surface area contributed by atoms with Gasteiger partial charge in [-0.15, -0.1) is 24.8 Å². The van der Waals surface area contributed by atoms with Crippen LogP contribution in [0.5, 0.6) is 5.75 Å². The van der Waals surface area contributed by atoms with Crippen molar-refractivity contribution >= 4 is 46.2 Å². The molecule has 0 spiro atoms. The number of hydrogen-bond acceptors (Lipinski definition) is 7. The predicted molar refractivity (Wildman–Crippen MR) is 167 cm³/mol. The van der Waals surface area contributed by atoms with Crippen LogP contribution in [-0.2, 0) is 33.0 Å². The molecule has 0 radical (unpaired) electrons. The van der Waals surface area contributed by atoms with Crippen molar-refractivity contribution in [2.75, 3.05) is 44.1 Å². The van der Waals surface area contributed by atoms with Gasteiger partial charge < -0.3 is 25.4 Å². The molecule has 1 aliphatic heterocycles. The molecule has 1 heterocycles. The number of aliphatic hydroxyl groups excluding tert-OH is 1. The first-order valence-electron chi connectivity index (χ1n) is 13.5. The second kappa shape index (κ2) is 15.9. The smallest absolute Gasteiger partial charge is 0.422 e. The van der Waals surface area contributed by atoms with Gasteiger partial charge in [0.15, 0.2) is 22.3 Å². The van der Waals surface area contributed by atoms with Gasteiger partial charge in [-0.3, -0.25) is 4.79 Å². The van der Waals surface area contributed by atoms with Gasteiger partial charge >= 0.3 is 6.18 Å². The highest BCUT2D eigenvalue weighted by Gasteiger charge is 2.39. The van der Waals surface area contributed by atoms with E-state index in [1.807, 2.05) is 24.3 Å². The predicted octanol–water partition coefficient (Wildman–Crippen LogP) is 4.51. The Bertz CT molecular complexity index is 1370. The standard InChI is InChI=1S/C29H39F4N3O5S.2ClH/c1-28(2,3)21-8-6-7-18(10-21)13-34-23-16-42(39,40)15-20(27(23)38)9-19-11-22(30)26(35-25(37)14-36(4)5)24(12-19)41-17-29(31,32)33;;/h6-8,10-12,20,23,27,34,38H,9,13-17H2,1-5H3,(H,35,37);2*1H/t20-,23+,27+;;/m1../s1. The van der Waals surface area contributed by atoms with Crippen LogP contribution in [0.1, 0.15) is 37.5 Å². The van der Waals surface area contributed by atoms with Crippen molar-refractivity contribution in [2.45, 2.75) is 57.5 Å². The Balaban J connectivity index is 0.00000484. The molecule has 3 atom stereocenters. The number of likely N-dealkylation sites (N-methyl/N-ethyl adjacent to an activating group) is 1. The Morgan fingerprint density at radius 1 is 1.07 bits per heavy atom. The fourth-order valence-electron chi connectivity index (χ4n) is 4.87. The summed E-state index contributed by atoms with van der Waals surface area (Å²) in [4.78, 5) is 13.7. The van der Waals surface area contributed by atoms with E-state index in [9.17, 15) is 31.5 Å². The summed E-state index contributed by atoms with van der Waals surface area (Å²) in [6.07, 6.45) is -6.01. The summed E-state index contributed by atoms with van der Waals surface area (Å²) in [6, 6.07) is 9.14. The molecule has 2 aromatic rings. The zero-order valence-electron chi connectivity index (χ0n) is 25.2. The van der Waals surface area contributed by atoms with E-state index in [0.717, 1.165) is 23.3 Å². The van der Waals surface area contributed by atoms with Crippen molar-refractivity contribution in [3.63, 3.8) is 0 Å². The molecular formula is C29H41Cl2F4N3O5S. The molecule has 1 amide bonds. The molecule has 1 saturated heterocycles. The quantitative estimate of drug-likeness (QED) is 0.315. The second-order valence-electron chi connectivity index (χ2n) is 12.1. The third-order valence-electron chi connectivity index (χ3n) is 6.89. The van der Waals surface area contributed by atoms with Crippen molar-refractivity contribution in [2.24, 2.45) is 5.92 Å². The zero-order chi connectivity index (χ0) is 31.5. The number of alkyl halides is 3. The van der Waals surface area contributed by atoms with Gasteiger partial charge in [0, 0.05) is 18.5 Å². The molecule has 3 N–H and O–H groups in total. The van der Waals surface area contributed by atoms with Crippen LogP contribution in [0, 0.1) is 11.7 Å². The minimum absolute atomic E-state index is 0. The van der Waals surface area contributed by atoms with Gasteiger partial charge in [-0.2, -0.15) is 13.2 Å². The molecule has 0 aromatic heterocycles. The van der Waals surface area contributed by atoms with Crippen LogP contribution in [-0.4, -0.2) is 81.4 Å². The lowest BCUT2D eigenvalue weighted by atomic mass is 9.86. The molecule has 8 nitrogen and oxygen atoms in total. The minimum atomic E-state index is -4.73. The van der Waals surface area contributed by atoms with E-state index in [4.69, 9.17) is 4.74 Å². The normalized spacial score (nSPS) is 19.9. The highest BCUT2D eigenvalue weighted by atomic mass is 35.5. The highest BCUT2D eigenvalue weighted by molar-refractivity contribution is 7.91.